The number of likely N-dealkylation sites (N-methyl/N-ethyl adjacent to an activating group) is 1. The number of hydrogen-bond donors (Lipinski definition) is 1. The molecule has 1 saturated heterocycles. The van der Waals surface area contributed by atoms with Gasteiger partial charge >= 0.3 is 0 Å². The maximum Gasteiger partial charge on any atom is 0.295 e. The molecule has 7 heteroatoms. The lowest BCUT2D eigenvalue weighted by molar-refractivity contribution is -0.140. The van der Waals surface area contributed by atoms with Crippen LogP contribution in [0.15, 0.2) is 78.4 Å². The van der Waals surface area contributed by atoms with E-state index in [4.69, 9.17) is 9.47 Å². The van der Waals surface area contributed by atoms with E-state index in [0.717, 1.165) is 24.2 Å². The molecule has 0 aliphatic carbocycles. The Morgan fingerprint density at radius 2 is 1.64 bits per heavy atom. The highest BCUT2D eigenvalue weighted by molar-refractivity contribution is 6.46. The highest BCUT2D eigenvalue weighted by Gasteiger charge is 2.47. The molecule has 0 aromatic heterocycles. The number of ether oxygens (including phenoxy) is 2. The van der Waals surface area contributed by atoms with E-state index in [-0.39, 0.29) is 11.3 Å². The van der Waals surface area contributed by atoms with Crippen LogP contribution in [0.1, 0.15) is 42.1 Å². The van der Waals surface area contributed by atoms with Crippen LogP contribution in [0.25, 0.3) is 5.76 Å². The summed E-state index contributed by atoms with van der Waals surface area (Å²) < 4.78 is 11.6. The summed E-state index contributed by atoms with van der Waals surface area (Å²) >= 11 is 0. The monoisotopic (exact) mass is 528 g/mol. The molecule has 3 aromatic rings. The molecule has 4 rings (SSSR count). The number of methoxy groups -OCH3 is 1. The summed E-state index contributed by atoms with van der Waals surface area (Å²) in [5.74, 6) is -0.322. The predicted octanol–water partition coefficient (Wildman–Crippen LogP) is 5.35. The van der Waals surface area contributed by atoms with Crippen LogP contribution in [0.4, 0.5) is 0 Å². The molecule has 0 saturated carbocycles. The molecule has 0 radical (unpaired) electrons. The van der Waals surface area contributed by atoms with E-state index in [1.807, 2.05) is 55.5 Å². The summed E-state index contributed by atoms with van der Waals surface area (Å²) in [7, 11) is 1.55. The quantitative estimate of drug-likeness (QED) is 0.205. The van der Waals surface area contributed by atoms with Gasteiger partial charge in [0.25, 0.3) is 11.7 Å². The summed E-state index contributed by atoms with van der Waals surface area (Å²) in [6.45, 7) is 9.04. The number of aliphatic hydroxyl groups excluding tert-OH is 1. The molecule has 1 fully saturated rings. The van der Waals surface area contributed by atoms with Gasteiger partial charge in [0.05, 0.1) is 18.7 Å². The van der Waals surface area contributed by atoms with Gasteiger partial charge in [-0.15, -0.1) is 0 Å². The Hall–Kier alpha value is -4.10. The summed E-state index contributed by atoms with van der Waals surface area (Å²) in [5.41, 5.74) is 3.01. The first kappa shape index (κ1) is 27.9. The minimum atomic E-state index is -0.772. The molecule has 1 N–H and O–H groups in total. The van der Waals surface area contributed by atoms with E-state index in [1.165, 1.54) is 0 Å². The number of likely N-dealkylation sites (tertiary alicyclic amines) is 1. The first-order valence-electron chi connectivity index (χ1n) is 13.3. The van der Waals surface area contributed by atoms with Crippen LogP contribution >= 0.6 is 0 Å². The molecule has 7 nitrogen and oxygen atoms in total. The van der Waals surface area contributed by atoms with Crippen molar-refractivity contribution in [3.05, 3.63) is 101 Å². The Labute approximate surface area is 230 Å². The summed E-state index contributed by atoms with van der Waals surface area (Å²) in [6, 6.07) is 21.7. The molecule has 0 bridgehead atoms. The number of amides is 1. The van der Waals surface area contributed by atoms with Crippen LogP contribution in [0.2, 0.25) is 0 Å². The molecule has 1 unspecified atom stereocenters. The minimum Gasteiger partial charge on any atom is -0.507 e. The highest BCUT2D eigenvalue weighted by atomic mass is 16.5. The number of Topliss-reactive ketones (excluding diaryl/α,β-unsaturated/α-hetero) is 1. The third kappa shape index (κ3) is 5.99. The van der Waals surface area contributed by atoms with Crippen molar-refractivity contribution < 1.29 is 24.2 Å². The average Bonchev–Trinajstić information content (AvgIpc) is 3.22. The molecule has 3 aromatic carbocycles. The Kier molecular flexibility index (Phi) is 9.04. The van der Waals surface area contributed by atoms with E-state index >= 15 is 0 Å². The Bertz CT molecular complexity index is 1350. The van der Waals surface area contributed by atoms with Crippen molar-refractivity contribution in [2.24, 2.45) is 0 Å². The number of benzene rings is 3. The van der Waals surface area contributed by atoms with Crippen LogP contribution < -0.4 is 9.47 Å². The fourth-order valence-corrected chi connectivity index (χ4v) is 4.96. The number of ketones is 1. The highest BCUT2D eigenvalue weighted by Crippen LogP contribution is 2.42. The topological polar surface area (TPSA) is 79.3 Å². The van der Waals surface area contributed by atoms with Crippen molar-refractivity contribution in [1.82, 2.24) is 9.80 Å². The number of para-hydroxylation sites is 1. The summed E-state index contributed by atoms with van der Waals surface area (Å²) in [6.07, 6.45) is 0. The van der Waals surface area contributed by atoms with Crippen LogP contribution in [0, 0.1) is 6.92 Å². The van der Waals surface area contributed by atoms with Gasteiger partial charge < -0.3 is 24.4 Å². The van der Waals surface area contributed by atoms with Crippen molar-refractivity contribution in [2.75, 3.05) is 33.3 Å². The van der Waals surface area contributed by atoms with Crippen molar-refractivity contribution >= 4 is 17.4 Å². The van der Waals surface area contributed by atoms with Gasteiger partial charge in [-0.1, -0.05) is 62.4 Å². The summed E-state index contributed by atoms with van der Waals surface area (Å²) in [4.78, 5) is 30.5. The van der Waals surface area contributed by atoms with Gasteiger partial charge in [0, 0.05) is 24.2 Å². The van der Waals surface area contributed by atoms with Gasteiger partial charge in [0.1, 0.15) is 23.9 Å². The van der Waals surface area contributed by atoms with Crippen molar-refractivity contribution in [3.63, 3.8) is 0 Å². The summed E-state index contributed by atoms with van der Waals surface area (Å²) in [5, 5.41) is 11.5. The van der Waals surface area contributed by atoms with Gasteiger partial charge in [-0.2, -0.15) is 0 Å². The maximum absolute atomic E-state index is 13.4. The number of aryl methyl sites for hydroxylation is 1. The zero-order valence-electron chi connectivity index (χ0n) is 23.0. The van der Waals surface area contributed by atoms with Gasteiger partial charge in [-0.25, -0.2) is 0 Å². The molecule has 1 aliphatic heterocycles. The SMILES string of the molecule is CCN(CC)CCN1C(=O)C(=O)/C(=C(/O)c2ccc(OCc3ccccc3)c(C)c2)C1c1ccccc1OC. The standard InChI is InChI=1S/C32H36N2O5/c1-5-33(6-2)18-19-34-29(25-14-10-11-15-27(25)38-4)28(31(36)32(34)37)30(35)24-16-17-26(22(3)20-24)39-21-23-12-8-7-9-13-23/h7-17,20,29,35H,5-6,18-19,21H2,1-4H3/b30-28+. The maximum atomic E-state index is 13.4. The minimum absolute atomic E-state index is 0.0569. The second kappa shape index (κ2) is 12.6. The Balaban J connectivity index is 1.72. The number of aliphatic hydroxyl groups is 1. The third-order valence-electron chi connectivity index (χ3n) is 7.21. The molecular formula is C32H36N2O5. The van der Waals surface area contributed by atoms with E-state index in [1.54, 1.807) is 36.3 Å². The van der Waals surface area contributed by atoms with Crippen molar-refractivity contribution in [3.8, 4) is 11.5 Å². The lowest BCUT2D eigenvalue weighted by Gasteiger charge is -2.29. The van der Waals surface area contributed by atoms with Crippen molar-refractivity contribution in [2.45, 2.75) is 33.4 Å². The fraction of sp³-hybridized carbons (Fsp3) is 0.312. The third-order valence-corrected chi connectivity index (χ3v) is 7.21. The van der Waals surface area contributed by atoms with Crippen LogP contribution in [0.5, 0.6) is 11.5 Å². The number of rotatable bonds is 11. The van der Waals surface area contributed by atoms with E-state index < -0.39 is 17.7 Å². The molecule has 1 aliphatic rings. The Morgan fingerprint density at radius 3 is 2.31 bits per heavy atom. The first-order chi connectivity index (χ1) is 18.9. The molecule has 204 valence electrons. The number of nitrogens with zero attached hydrogens (tertiary/aromatic N) is 2. The van der Waals surface area contributed by atoms with Gasteiger partial charge in [0.15, 0.2) is 0 Å². The van der Waals surface area contributed by atoms with E-state index in [0.29, 0.717) is 42.3 Å². The van der Waals surface area contributed by atoms with Gasteiger partial charge in [-0.05, 0) is 55.4 Å². The van der Waals surface area contributed by atoms with Crippen molar-refractivity contribution in [1.29, 1.82) is 0 Å². The lowest BCUT2D eigenvalue weighted by atomic mass is 9.94. The zero-order valence-corrected chi connectivity index (χ0v) is 23.0. The van der Waals surface area contributed by atoms with E-state index in [9.17, 15) is 14.7 Å². The number of carbonyl (C=O) groups excluding carboxylic acids is 2. The molecule has 39 heavy (non-hydrogen) atoms. The lowest BCUT2D eigenvalue weighted by Crippen LogP contribution is -2.38. The number of hydrogen-bond acceptors (Lipinski definition) is 6. The molecule has 1 atom stereocenters. The second-order valence-corrected chi connectivity index (χ2v) is 9.52. The predicted molar refractivity (Wildman–Crippen MR) is 152 cm³/mol. The average molecular weight is 529 g/mol. The molecule has 0 spiro atoms. The van der Waals surface area contributed by atoms with Crippen LogP contribution in [0.3, 0.4) is 0 Å². The molecular weight excluding hydrogens is 492 g/mol. The second-order valence-electron chi connectivity index (χ2n) is 9.52. The molecule has 1 amide bonds. The Morgan fingerprint density at radius 1 is 0.949 bits per heavy atom. The van der Waals surface area contributed by atoms with Gasteiger partial charge in [-0.3, -0.25) is 9.59 Å². The smallest absolute Gasteiger partial charge is 0.295 e. The van der Waals surface area contributed by atoms with Gasteiger partial charge in [0.2, 0.25) is 0 Å². The first-order valence-corrected chi connectivity index (χ1v) is 13.3. The molecule has 1 heterocycles. The largest absolute Gasteiger partial charge is 0.507 e. The van der Waals surface area contributed by atoms with Crippen LogP contribution in [-0.4, -0.2) is 59.9 Å². The fourth-order valence-electron chi connectivity index (χ4n) is 4.96. The number of carbonyl (C=O) groups is 2. The van der Waals surface area contributed by atoms with Crippen LogP contribution in [-0.2, 0) is 16.2 Å². The zero-order chi connectivity index (χ0) is 27.9. The normalized spacial score (nSPS) is 16.6. The van der Waals surface area contributed by atoms with E-state index in [2.05, 4.69) is 18.7 Å².